The number of aromatic nitrogens is 2. The summed E-state index contributed by atoms with van der Waals surface area (Å²) in [6.45, 7) is 0.417. The molecule has 0 unspecified atom stereocenters. The molecule has 0 aliphatic rings. The molecule has 1 aromatic heterocycles. The van der Waals surface area contributed by atoms with Gasteiger partial charge in [-0.1, -0.05) is 42.5 Å². The largest absolute Gasteiger partial charge is 0.492 e. The Balaban J connectivity index is 1.40. The highest BCUT2D eigenvalue weighted by atomic mass is 16.5. The molecule has 0 fully saturated rings. The van der Waals surface area contributed by atoms with Crippen LogP contribution in [0.15, 0.2) is 95.8 Å². The number of nitriles is 1. The van der Waals surface area contributed by atoms with Gasteiger partial charge >= 0.3 is 5.97 Å². The van der Waals surface area contributed by atoms with Gasteiger partial charge in [0, 0.05) is 6.07 Å². The maximum Gasteiger partial charge on any atom is 0.364 e. The van der Waals surface area contributed by atoms with Crippen molar-refractivity contribution in [3.8, 4) is 28.7 Å². The molecule has 0 amide bonds. The van der Waals surface area contributed by atoms with Gasteiger partial charge in [-0.15, -0.1) is 0 Å². The Hall–Kier alpha value is -4.70. The van der Waals surface area contributed by atoms with Crippen molar-refractivity contribution in [3.63, 3.8) is 0 Å². The summed E-state index contributed by atoms with van der Waals surface area (Å²) >= 11 is 0. The fourth-order valence-corrected chi connectivity index (χ4v) is 3.10. The van der Waals surface area contributed by atoms with Crippen molar-refractivity contribution >= 4 is 5.97 Å². The van der Waals surface area contributed by atoms with Gasteiger partial charge in [-0.2, -0.15) is 10.4 Å². The molecule has 0 radical (unpaired) electrons. The molecule has 4 rings (SSSR count). The van der Waals surface area contributed by atoms with Gasteiger partial charge in [0.15, 0.2) is 5.69 Å². The van der Waals surface area contributed by atoms with Crippen molar-refractivity contribution < 1.29 is 14.3 Å². The molecule has 7 heteroatoms. The molecule has 0 aliphatic heterocycles. The van der Waals surface area contributed by atoms with Crippen LogP contribution < -0.4 is 15.0 Å². The average molecular weight is 437 g/mol. The number of para-hydroxylation sites is 1. The van der Waals surface area contributed by atoms with Crippen LogP contribution in [0.1, 0.15) is 16.1 Å². The van der Waals surface area contributed by atoms with E-state index in [2.05, 4.69) is 11.2 Å². The van der Waals surface area contributed by atoms with Gasteiger partial charge < -0.3 is 9.47 Å². The minimum atomic E-state index is -0.668. The maximum atomic E-state index is 12.5. The van der Waals surface area contributed by atoms with Crippen LogP contribution in [-0.2, 0) is 6.54 Å². The van der Waals surface area contributed by atoms with E-state index in [9.17, 15) is 9.59 Å². The van der Waals surface area contributed by atoms with Crippen LogP contribution in [0.3, 0.4) is 0 Å². The quantitative estimate of drug-likeness (QED) is 0.319. The zero-order valence-electron chi connectivity index (χ0n) is 17.5. The zero-order chi connectivity index (χ0) is 23.0. The highest BCUT2D eigenvalue weighted by Gasteiger charge is 2.13. The predicted molar refractivity (Wildman–Crippen MR) is 122 cm³/mol. The molecule has 0 saturated heterocycles. The van der Waals surface area contributed by atoms with E-state index in [0.717, 1.165) is 11.1 Å². The smallest absolute Gasteiger partial charge is 0.364 e. The monoisotopic (exact) mass is 437 g/mol. The Morgan fingerprint density at radius 1 is 0.848 bits per heavy atom. The summed E-state index contributed by atoms with van der Waals surface area (Å²) in [5, 5.41) is 13.0. The van der Waals surface area contributed by atoms with E-state index in [-0.39, 0.29) is 24.4 Å². The molecule has 0 N–H and O–H groups in total. The molecule has 162 valence electrons. The fourth-order valence-electron chi connectivity index (χ4n) is 3.10. The molecule has 3 aromatic carbocycles. The molecule has 1 heterocycles. The third kappa shape index (κ3) is 5.51. The Morgan fingerprint density at radius 2 is 1.52 bits per heavy atom. The summed E-state index contributed by atoms with van der Waals surface area (Å²) in [5.41, 5.74) is 2.13. The highest BCUT2D eigenvalue weighted by Crippen LogP contribution is 2.23. The lowest BCUT2D eigenvalue weighted by molar-refractivity contribution is 0.0725. The number of carbonyl (C=O) groups excluding carboxylic acids is 1. The normalized spacial score (nSPS) is 10.3. The summed E-state index contributed by atoms with van der Waals surface area (Å²) < 4.78 is 12.2. The first kappa shape index (κ1) is 21.5. The number of ether oxygens (including phenoxy) is 2. The van der Waals surface area contributed by atoms with Gasteiger partial charge in [0.25, 0.3) is 5.56 Å². The Kier molecular flexibility index (Phi) is 6.57. The van der Waals surface area contributed by atoms with Crippen molar-refractivity contribution in [2.75, 3.05) is 6.61 Å². The number of nitrogens with zero attached hydrogens (tertiary/aromatic N) is 3. The van der Waals surface area contributed by atoms with Gasteiger partial charge in [0.1, 0.15) is 18.1 Å². The number of carbonyl (C=O) groups is 1. The van der Waals surface area contributed by atoms with Crippen LogP contribution >= 0.6 is 0 Å². The van der Waals surface area contributed by atoms with Crippen molar-refractivity contribution in [1.82, 2.24) is 9.78 Å². The summed E-state index contributed by atoms with van der Waals surface area (Å²) in [7, 11) is 0. The summed E-state index contributed by atoms with van der Waals surface area (Å²) in [6.07, 6.45) is 0. The van der Waals surface area contributed by atoms with Crippen molar-refractivity contribution in [2.45, 2.75) is 6.54 Å². The molecule has 0 atom stereocenters. The standard InChI is InChI=1S/C26H19N3O4/c27-18-19-6-8-20(9-7-19)21-10-12-23(13-11-21)33-26(31)24-14-15-25(30)29(28-24)16-17-32-22-4-2-1-3-5-22/h1-15H,16-17H2. The molecule has 4 aromatic rings. The molecule has 0 bridgehead atoms. The Bertz CT molecular complexity index is 1340. The van der Waals surface area contributed by atoms with E-state index in [0.29, 0.717) is 17.1 Å². The van der Waals surface area contributed by atoms with Crippen LogP contribution in [0.4, 0.5) is 0 Å². The van der Waals surface area contributed by atoms with Crippen molar-refractivity contribution in [1.29, 1.82) is 5.26 Å². The average Bonchev–Trinajstić information content (AvgIpc) is 2.86. The summed E-state index contributed by atoms with van der Waals surface area (Å²) in [4.78, 5) is 24.6. The van der Waals surface area contributed by atoms with Gasteiger partial charge in [0.05, 0.1) is 18.2 Å². The number of hydrogen-bond acceptors (Lipinski definition) is 6. The molecule has 7 nitrogen and oxygen atoms in total. The Morgan fingerprint density at radius 3 is 2.18 bits per heavy atom. The second-order valence-electron chi connectivity index (χ2n) is 7.04. The van der Waals surface area contributed by atoms with Crippen molar-refractivity contribution in [3.05, 3.63) is 113 Å². The zero-order valence-corrected chi connectivity index (χ0v) is 17.5. The lowest BCUT2D eigenvalue weighted by Crippen LogP contribution is -2.27. The number of benzene rings is 3. The van der Waals surface area contributed by atoms with Crippen molar-refractivity contribution in [2.24, 2.45) is 0 Å². The van der Waals surface area contributed by atoms with Crippen LogP contribution in [0.5, 0.6) is 11.5 Å². The topological polar surface area (TPSA) is 94.2 Å². The number of rotatable bonds is 7. The number of esters is 1. The third-order valence-electron chi connectivity index (χ3n) is 4.80. The van der Waals surface area contributed by atoms with Crippen LogP contribution in [0.25, 0.3) is 11.1 Å². The third-order valence-corrected chi connectivity index (χ3v) is 4.80. The van der Waals surface area contributed by atoms with Crippen LogP contribution in [-0.4, -0.2) is 22.4 Å². The first-order chi connectivity index (χ1) is 16.1. The lowest BCUT2D eigenvalue weighted by atomic mass is 10.0. The minimum absolute atomic E-state index is 0.0190. The van der Waals surface area contributed by atoms with E-state index in [1.165, 1.54) is 16.8 Å². The molecular weight excluding hydrogens is 418 g/mol. The molecule has 0 spiro atoms. The van der Waals surface area contributed by atoms with Gasteiger partial charge in [-0.05, 0) is 53.6 Å². The van der Waals surface area contributed by atoms with E-state index >= 15 is 0 Å². The van der Waals surface area contributed by atoms with E-state index in [1.807, 2.05) is 54.6 Å². The van der Waals surface area contributed by atoms with E-state index < -0.39 is 5.97 Å². The molecule has 0 aliphatic carbocycles. The van der Waals surface area contributed by atoms with E-state index in [1.54, 1.807) is 24.3 Å². The predicted octanol–water partition coefficient (Wildman–Crippen LogP) is 4.08. The summed E-state index contributed by atoms with van der Waals surface area (Å²) in [6, 6.07) is 28.1. The molecule has 0 saturated carbocycles. The second kappa shape index (κ2) is 10.1. The number of hydrogen-bond donors (Lipinski definition) is 0. The Labute approximate surface area is 190 Å². The SMILES string of the molecule is N#Cc1ccc(-c2ccc(OC(=O)c3ccc(=O)n(CCOc4ccccc4)n3)cc2)cc1. The van der Waals surface area contributed by atoms with Crippen LogP contribution in [0.2, 0.25) is 0 Å². The molecule has 33 heavy (non-hydrogen) atoms. The second-order valence-corrected chi connectivity index (χ2v) is 7.04. The minimum Gasteiger partial charge on any atom is -0.492 e. The highest BCUT2D eigenvalue weighted by molar-refractivity contribution is 5.88. The summed E-state index contributed by atoms with van der Waals surface area (Å²) in [5.74, 6) is 0.369. The van der Waals surface area contributed by atoms with Gasteiger partial charge in [0.2, 0.25) is 0 Å². The maximum absolute atomic E-state index is 12.5. The fraction of sp³-hybridized carbons (Fsp3) is 0.0769. The first-order valence-electron chi connectivity index (χ1n) is 10.2. The van der Waals surface area contributed by atoms with Gasteiger partial charge in [-0.25, -0.2) is 9.48 Å². The first-order valence-corrected chi connectivity index (χ1v) is 10.2. The lowest BCUT2D eigenvalue weighted by Gasteiger charge is -2.09. The van der Waals surface area contributed by atoms with Crippen LogP contribution in [0, 0.1) is 11.3 Å². The molecular formula is C26H19N3O4. The van der Waals surface area contributed by atoms with Gasteiger partial charge in [-0.3, -0.25) is 4.79 Å². The van der Waals surface area contributed by atoms with E-state index in [4.69, 9.17) is 14.7 Å².